The average molecular weight is 210 g/mol. The number of halogens is 3. The molecule has 0 spiro atoms. The van der Waals surface area contributed by atoms with Crippen LogP contribution in [0, 0.1) is 0 Å². The van der Waals surface area contributed by atoms with Crippen molar-refractivity contribution in [1.82, 2.24) is 9.59 Å². The van der Waals surface area contributed by atoms with E-state index < -0.39 is 17.9 Å². The van der Waals surface area contributed by atoms with E-state index in [9.17, 15) is 13.2 Å². The van der Waals surface area contributed by atoms with Crippen molar-refractivity contribution in [3.63, 3.8) is 0 Å². The van der Waals surface area contributed by atoms with Crippen molar-refractivity contribution < 1.29 is 18.3 Å². The standard InChI is InChI=1S/C6H5F3N2OS/c1-3(6(7,8)9)5(12)4-2-10-11-13-4/h2,5,12H,1H2. The molecule has 0 aromatic carbocycles. The third-order valence-corrected chi connectivity index (χ3v) is 2.06. The van der Waals surface area contributed by atoms with Crippen LogP contribution in [0.15, 0.2) is 18.3 Å². The molecule has 1 unspecified atom stereocenters. The molecule has 0 bridgehead atoms. The molecular formula is C6H5F3N2OS. The van der Waals surface area contributed by atoms with Crippen LogP contribution in [-0.4, -0.2) is 20.9 Å². The van der Waals surface area contributed by atoms with Crippen LogP contribution < -0.4 is 0 Å². The molecule has 13 heavy (non-hydrogen) atoms. The van der Waals surface area contributed by atoms with Gasteiger partial charge in [-0.1, -0.05) is 11.1 Å². The molecule has 1 aromatic rings. The number of aliphatic hydroxyl groups excluding tert-OH is 1. The summed E-state index contributed by atoms with van der Waals surface area (Å²) in [6, 6.07) is 0. The van der Waals surface area contributed by atoms with Crippen molar-refractivity contribution in [1.29, 1.82) is 0 Å². The summed E-state index contributed by atoms with van der Waals surface area (Å²) in [6.07, 6.45) is -5.28. The van der Waals surface area contributed by atoms with E-state index in [0.29, 0.717) is 11.5 Å². The molecule has 0 aliphatic carbocycles. The lowest BCUT2D eigenvalue weighted by molar-refractivity contribution is -0.105. The van der Waals surface area contributed by atoms with Crippen LogP contribution in [0.1, 0.15) is 11.0 Å². The zero-order valence-electron chi connectivity index (χ0n) is 6.25. The summed E-state index contributed by atoms with van der Waals surface area (Å²) in [4.78, 5) is 0.0299. The molecular weight excluding hydrogens is 205 g/mol. The number of hydrogen-bond acceptors (Lipinski definition) is 4. The SMILES string of the molecule is C=C(C(O)c1cnns1)C(F)(F)F. The fourth-order valence-corrected chi connectivity index (χ4v) is 1.15. The van der Waals surface area contributed by atoms with E-state index >= 15 is 0 Å². The molecule has 72 valence electrons. The molecule has 0 aliphatic heterocycles. The molecule has 3 nitrogen and oxygen atoms in total. The van der Waals surface area contributed by atoms with Crippen molar-refractivity contribution in [3.8, 4) is 0 Å². The minimum Gasteiger partial charge on any atom is -0.383 e. The van der Waals surface area contributed by atoms with Gasteiger partial charge < -0.3 is 5.11 Å². The number of rotatable bonds is 2. The van der Waals surface area contributed by atoms with Crippen LogP contribution in [0.25, 0.3) is 0 Å². The van der Waals surface area contributed by atoms with Crippen molar-refractivity contribution >= 4 is 11.5 Å². The van der Waals surface area contributed by atoms with Crippen LogP contribution in [0.5, 0.6) is 0 Å². The largest absolute Gasteiger partial charge is 0.414 e. The summed E-state index contributed by atoms with van der Waals surface area (Å²) < 4.78 is 39.3. The minimum absolute atomic E-state index is 0.0299. The number of aliphatic hydroxyl groups is 1. The van der Waals surface area contributed by atoms with Gasteiger partial charge in [0.15, 0.2) is 0 Å². The third-order valence-electron chi connectivity index (χ3n) is 1.34. The van der Waals surface area contributed by atoms with E-state index in [2.05, 4.69) is 16.2 Å². The topological polar surface area (TPSA) is 46.0 Å². The van der Waals surface area contributed by atoms with Gasteiger partial charge in [0, 0.05) is 0 Å². The molecule has 0 saturated carbocycles. The third kappa shape index (κ3) is 2.25. The molecule has 1 heterocycles. The Labute approximate surface area is 75.7 Å². The number of alkyl halides is 3. The van der Waals surface area contributed by atoms with E-state index in [1.54, 1.807) is 0 Å². The molecule has 0 radical (unpaired) electrons. The summed E-state index contributed by atoms with van der Waals surface area (Å²) in [5.41, 5.74) is -1.21. The van der Waals surface area contributed by atoms with E-state index in [0.717, 1.165) is 6.20 Å². The highest BCUT2D eigenvalue weighted by Gasteiger charge is 2.37. The molecule has 0 saturated heterocycles. The smallest absolute Gasteiger partial charge is 0.383 e. The summed E-state index contributed by atoms with van der Waals surface area (Å²) in [5, 5.41) is 12.4. The highest BCUT2D eigenvalue weighted by atomic mass is 32.1. The van der Waals surface area contributed by atoms with Crippen molar-refractivity contribution in [2.75, 3.05) is 0 Å². The first-order valence-electron chi connectivity index (χ1n) is 3.14. The van der Waals surface area contributed by atoms with Crippen LogP contribution in [-0.2, 0) is 0 Å². The van der Waals surface area contributed by atoms with Gasteiger partial charge in [-0.2, -0.15) is 13.2 Å². The maximum Gasteiger partial charge on any atom is 0.414 e. The monoisotopic (exact) mass is 210 g/mol. The molecule has 0 aliphatic rings. The Morgan fingerprint density at radius 3 is 2.62 bits per heavy atom. The number of aromatic nitrogens is 2. The highest BCUT2D eigenvalue weighted by Crippen LogP contribution is 2.34. The van der Waals surface area contributed by atoms with Crippen LogP contribution >= 0.6 is 11.5 Å². The maximum atomic E-state index is 12.0. The van der Waals surface area contributed by atoms with Gasteiger partial charge >= 0.3 is 6.18 Å². The summed E-state index contributed by atoms with van der Waals surface area (Å²) in [5.74, 6) is 0. The maximum absolute atomic E-state index is 12.0. The Kier molecular flexibility index (Phi) is 2.67. The van der Waals surface area contributed by atoms with Gasteiger partial charge in [0.05, 0.1) is 16.6 Å². The zero-order chi connectivity index (χ0) is 10.1. The molecule has 1 N–H and O–H groups in total. The van der Waals surface area contributed by atoms with Gasteiger partial charge in [0.2, 0.25) is 0 Å². The molecule has 0 amide bonds. The van der Waals surface area contributed by atoms with Gasteiger partial charge in [-0.3, -0.25) is 0 Å². The Morgan fingerprint density at radius 2 is 2.23 bits per heavy atom. The first kappa shape index (κ1) is 10.1. The zero-order valence-corrected chi connectivity index (χ0v) is 7.06. The van der Waals surface area contributed by atoms with Gasteiger partial charge in [-0.05, 0) is 11.5 Å². The Morgan fingerprint density at radius 1 is 1.62 bits per heavy atom. The van der Waals surface area contributed by atoms with E-state index in [1.165, 1.54) is 0 Å². The molecule has 1 aromatic heterocycles. The first-order valence-corrected chi connectivity index (χ1v) is 3.91. The fraction of sp³-hybridized carbons (Fsp3) is 0.333. The quantitative estimate of drug-likeness (QED) is 0.755. The predicted molar refractivity (Wildman–Crippen MR) is 40.1 cm³/mol. The Balaban J connectivity index is 2.81. The van der Waals surface area contributed by atoms with E-state index in [-0.39, 0.29) is 4.88 Å². The van der Waals surface area contributed by atoms with E-state index in [4.69, 9.17) is 5.11 Å². The normalized spacial score (nSPS) is 14.2. The summed E-state index contributed by atoms with van der Waals surface area (Å²) in [6.45, 7) is 2.76. The van der Waals surface area contributed by atoms with Crippen molar-refractivity contribution in [2.45, 2.75) is 12.3 Å². The predicted octanol–water partition coefficient (Wildman–Crippen LogP) is 1.69. The number of hydrogen-bond donors (Lipinski definition) is 1. The summed E-state index contributed by atoms with van der Waals surface area (Å²) in [7, 11) is 0. The summed E-state index contributed by atoms with van der Waals surface area (Å²) >= 11 is 0.704. The highest BCUT2D eigenvalue weighted by molar-refractivity contribution is 7.05. The van der Waals surface area contributed by atoms with Crippen molar-refractivity contribution in [2.24, 2.45) is 0 Å². The van der Waals surface area contributed by atoms with E-state index in [1.807, 2.05) is 0 Å². The lowest BCUT2D eigenvalue weighted by Crippen LogP contribution is -2.16. The van der Waals surface area contributed by atoms with Gasteiger partial charge in [-0.15, -0.1) is 5.10 Å². The molecule has 1 atom stereocenters. The molecule has 1 rings (SSSR count). The minimum atomic E-state index is -4.59. The lowest BCUT2D eigenvalue weighted by atomic mass is 10.1. The molecule has 7 heteroatoms. The van der Waals surface area contributed by atoms with Crippen LogP contribution in [0.3, 0.4) is 0 Å². The molecule has 0 fully saturated rings. The van der Waals surface area contributed by atoms with Gasteiger partial charge in [0.25, 0.3) is 0 Å². The second-order valence-electron chi connectivity index (χ2n) is 2.25. The first-order chi connectivity index (χ1) is 5.93. The second kappa shape index (κ2) is 3.43. The van der Waals surface area contributed by atoms with Crippen LogP contribution in [0.4, 0.5) is 13.2 Å². The van der Waals surface area contributed by atoms with Crippen molar-refractivity contribution in [3.05, 3.63) is 23.2 Å². The lowest BCUT2D eigenvalue weighted by Gasteiger charge is -2.13. The van der Waals surface area contributed by atoms with Gasteiger partial charge in [-0.25, -0.2) is 0 Å². The average Bonchev–Trinajstić information content (AvgIpc) is 2.51. The number of nitrogens with zero attached hydrogens (tertiary/aromatic N) is 2. The fourth-order valence-electron chi connectivity index (χ4n) is 0.622. The Bertz CT molecular complexity index is 295. The van der Waals surface area contributed by atoms with Crippen LogP contribution in [0.2, 0.25) is 0 Å². The second-order valence-corrected chi connectivity index (χ2v) is 3.06. The Hall–Kier alpha value is -0.950. The van der Waals surface area contributed by atoms with Gasteiger partial charge in [0.1, 0.15) is 6.10 Å².